The van der Waals surface area contributed by atoms with Crippen LogP contribution in [0.5, 0.6) is 5.88 Å². The van der Waals surface area contributed by atoms with Crippen molar-refractivity contribution < 1.29 is 24.1 Å². The third-order valence-corrected chi connectivity index (χ3v) is 5.32. The molecule has 8 heteroatoms. The number of nitrogens with zero attached hydrogens (tertiary/aromatic N) is 3. The van der Waals surface area contributed by atoms with E-state index in [1.165, 1.54) is 6.20 Å². The molecule has 0 spiro atoms. The van der Waals surface area contributed by atoms with Gasteiger partial charge in [-0.1, -0.05) is 0 Å². The molecule has 2 aliphatic rings. The lowest BCUT2D eigenvalue weighted by Crippen LogP contribution is -2.32. The van der Waals surface area contributed by atoms with Crippen LogP contribution in [0.1, 0.15) is 49.2 Å². The minimum Gasteiger partial charge on any atom is -0.477 e. The van der Waals surface area contributed by atoms with Crippen LogP contribution in [-0.2, 0) is 14.9 Å². The number of hydrogen-bond donors (Lipinski definition) is 1. The summed E-state index contributed by atoms with van der Waals surface area (Å²) < 4.78 is 18.6. The van der Waals surface area contributed by atoms with E-state index in [1.54, 1.807) is 11.5 Å². The summed E-state index contributed by atoms with van der Waals surface area (Å²) >= 11 is 0. The summed E-state index contributed by atoms with van der Waals surface area (Å²) in [7, 11) is 1.69. The summed E-state index contributed by atoms with van der Waals surface area (Å²) in [4.78, 5) is 20.6. The molecule has 2 fully saturated rings. The van der Waals surface area contributed by atoms with Crippen LogP contribution >= 0.6 is 0 Å². The zero-order valence-corrected chi connectivity index (χ0v) is 15.2. The number of fused-ring (bicyclic) bond motifs is 3. The van der Waals surface area contributed by atoms with Crippen LogP contribution in [0.2, 0.25) is 0 Å². The minimum atomic E-state index is -1.08. The predicted octanol–water partition coefficient (Wildman–Crippen LogP) is 2.05. The molecule has 1 saturated heterocycles. The van der Waals surface area contributed by atoms with Gasteiger partial charge in [-0.05, 0) is 33.1 Å². The van der Waals surface area contributed by atoms with Gasteiger partial charge in [-0.2, -0.15) is 4.98 Å². The van der Waals surface area contributed by atoms with Crippen molar-refractivity contribution in [2.45, 2.75) is 50.2 Å². The third kappa shape index (κ3) is 2.64. The molecule has 2 aromatic heterocycles. The first-order valence-corrected chi connectivity index (χ1v) is 8.80. The van der Waals surface area contributed by atoms with Crippen LogP contribution in [0.25, 0.3) is 5.78 Å². The second-order valence-corrected chi connectivity index (χ2v) is 7.63. The van der Waals surface area contributed by atoms with Crippen molar-refractivity contribution in [2.24, 2.45) is 0 Å². The number of imidazole rings is 1. The van der Waals surface area contributed by atoms with Crippen molar-refractivity contribution >= 4 is 11.7 Å². The highest BCUT2D eigenvalue weighted by molar-refractivity contribution is 5.90. The Hall–Kier alpha value is -2.19. The van der Waals surface area contributed by atoms with Crippen LogP contribution in [0.15, 0.2) is 12.4 Å². The Labute approximate surface area is 151 Å². The number of hydrogen-bond acceptors (Lipinski definition) is 6. The van der Waals surface area contributed by atoms with Gasteiger partial charge in [0.15, 0.2) is 0 Å². The van der Waals surface area contributed by atoms with Crippen molar-refractivity contribution in [1.82, 2.24) is 14.4 Å². The van der Waals surface area contributed by atoms with Gasteiger partial charge >= 0.3 is 5.97 Å². The Bertz CT molecular complexity index is 852. The van der Waals surface area contributed by atoms with Gasteiger partial charge in [0.2, 0.25) is 11.7 Å². The van der Waals surface area contributed by atoms with Crippen LogP contribution in [0, 0.1) is 0 Å². The molecule has 1 saturated carbocycles. The lowest BCUT2D eigenvalue weighted by atomic mass is 9.84. The standard InChI is InChI=1S/C18H23N3O5/c1-11(2)26-14-12(15(22)23)6-21-7-13(19-16(21)20-14)17-4-5-18(8-17,10-24-3)25-9-17/h6-7,11H,4-5,8-10H2,1-3H3,(H,22,23)/t17-,18-/m1/s1. The quantitative estimate of drug-likeness (QED) is 0.841. The zero-order valence-electron chi connectivity index (χ0n) is 15.2. The van der Waals surface area contributed by atoms with Crippen molar-refractivity contribution in [3.8, 4) is 5.88 Å². The SMILES string of the molecule is COC[C@]12CC[C@](c3cn4cc(C(=O)O)c(OC(C)C)nc4n3)(CO1)C2. The maximum absolute atomic E-state index is 11.6. The fraction of sp³-hybridized carbons (Fsp3) is 0.611. The third-order valence-electron chi connectivity index (χ3n) is 5.32. The van der Waals surface area contributed by atoms with Crippen LogP contribution < -0.4 is 4.74 Å². The molecule has 2 atom stereocenters. The van der Waals surface area contributed by atoms with E-state index < -0.39 is 5.97 Å². The van der Waals surface area contributed by atoms with Gasteiger partial charge in [0.25, 0.3) is 0 Å². The van der Waals surface area contributed by atoms with Crippen LogP contribution in [0.3, 0.4) is 0 Å². The molecule has 0 amide bonds. The Balaban J connectivity index is 1.74. The van der Waals surface area contributed by atoms with Gasteiger partial charge in [0, 0.05) is 24.9 Å². The number of carbonyl (C=O) groups is 1. The predicted molar refractivity (Wildman–Crippen MR) is 91.8 cm³/mol. The zero-order chi connectivity index (χ0) is 18.5. The Morgan fingerprint density at radius 3 is 2.81 bits per heavy atom. The van der Waals surface area contributed by atoms with Gasteiger partial charge in [0.1, 0.15) is 5.56 Å². The van der Waals surface area contributed by atoms with Crippen LogP contribution in [0.4, 0.5) is 0 Å². The first-order valence-electron chi connectivity index (χ1n) is 8.80. The smallest absolute Gasteiger partial charge is 0.342 e. The molecular weight excluding hydrogens is 338 g/mol. The number of aromatic carboxylic acids is 1. The molecule has 0 aromatic carbocycles. The lowest BCUT2D eigenvalue weighted by molar-refractivity contribution is -0.0659. The van der Waals surface area contributed by atoms with E-state index in [4.69, 9.17) is 14.2 Å². The topological polar surface area (TPSA) is 95.2 Å². The van der Waals surface area contributed by atoms with E-state index in [9.17, 15) is 9.90 Å². The number of ether oxygens (including phenoxy) is 3. The molecule has 1 aliphatic carbocycles. The summed E-state index contributed by atoms with van der Waals surface area (Å²) in [6.07, 6.45) is 5.97. The van der Waals surface area contributed by atoms with Gasteiger partial charge in [0.05, 0.1) is 30.6 Å². The summed E-state index contributed by atoms with van der Waals surface area (Å²) in [5.74, 6) is -0.545. The largest absolute Gasteiger partial charge is 0.477 e. The highest BCUT2D eigenvalue weighted by Gasteiger charge is 2.57. The molecular formula is C18H23N3O5. The molecule has 4 rings (SSSR count). The second-order valence-electron chi connectivity index (χ2n) is 7.63. The normalized spacial score (nSPS) is 27.5. The van der Waals surface area contributed by atoms with Crippen molar-refractivity contribution in [3.63, 3.8) is 0 Å². The number of aromatic nitrogens is 3. The van der Waals surface area contributed by atoms with Gasteiger partial charge < -0.3 is 19.3 Å². The van der Waals surface area contributed by atoms with E-state index in [2.05, 4.69) is 9.97 Å². The molecule has 0 radical (unpaired) electrons. The Morgan fingerprint density at radius 1 is 1.38 bits per heavy atom. The number of methoxy groups -OCH3 is 1. The Morgan fingerprint density at radius 2 is 2.19 bits per heavy atom. The average Bonchev–Trinajstić information content (AvgIpc) is 3.25. The maximum atomic E-state index is 11.6. The maximum Gasteiger partial charge on any atom is 0.342 e. The fourth-order valence-electron chi connectivity index (χ4n) is 4.14. The Kier molecular flexibility index (Phi) is 3.92. The summed E-state index contributed by atoms with van der Waals surface area (Å²) in [5.41, 5.74) is 0.527. The van der Waals surface area contributed by atoms with E-state index in [-0.39, 0.29) is 28.6 Å². The van der Waals surface area contributed by atoms with Crippen molar-refractivity contribution in [2.75, 3.05) is 20.3 Å². The molecule has 0 unspecified atom stereocenters. The summed E-state index contributed by atoms with van der Waals surface area (Å²) in [6.45, 7) is 4.84. The first kappa shape index (κ1) is 17.2. The molecule has 26 heavy (non-hydrogen) atoms. The molecule has 1 aliphatic heterocycles. The average molecular weight is 361 g/mol. The first-order chi connectivity index (χ1) is 12.4. The van der Waals surface area contributed by atoms with Gasteiger partial charge in [-0.3, -0.25) is 4.40 Å². The van der Waals surface area contributed by atoms with E-state index >= 15 is 0 Å². The van der Waals surface area contributed by atoms with E-state index in [1.807, 2.05) is 20.0 Å². The molecule has 140 valence electrons. The summed E-state index contributed by atoms with van der Waals surface area (Å²) in [6, 6.07) is 0. The molecule has 3 heterocycles. The monoisotopic (exact) mass is 361 g/mol. The molecule has 8 nitrogen and oxygen atoms in total. The van der Waals surface area contributed by atoms with Gasteiger partial charge in [-0.25, -0.2) is 9.78 Å². The van der Waals surface area contributed by atoms with Gasteiger partial charge in [-0.15, -0.1) is 0 Å². The number of carboxylic acids is 1. The van der Waals surface area contributed by atoms with E-state index in [0.29, 0.717) is 19.0 Å². The second kappa shape index (κ2) is 5.92. The molecule has 2 bridgehead atoms. The fourth-order valence-corrected chi connectivity index (χ4v) is 4.14. The highest BCUT2D eigenvalue weighted by Crippen LogP contribution is 2.53. The highest BCUT2D eigenvalue weighted by atomic mass is 16.5. The minimum absolute atomic E-state index is 0.0236. The summed E-state index contributed by atoms with van der Waals surface area (Å²) in [5, 5.41) is 9.47. The lowest BCUT2D eigenvalue weighted by Gasteiger charge is -2.27. The number of rotatable bonds is 6. The van der Waals surface area contributed by atoms with Crippen molar-refractivity contribution in [3.05, 3.63) is 23.7 Å². The number of carboxylic acid groups (broad SMARTS) is 1. The van der Waals surface area contributed by atoms with E-state index in [0.717, 1.165) is 25.0 Å². The molecule has 1 N–H and O–H groups in total. The van der Waals surface area contributed by atoms with Crippen molar-refractivity contribution in [1.29, 1.82) is 0 Å². The van der Waals surface area contributed by atoms with Crippen LogP contribution in [-0.4, -0.2) is 57.5 Å². The molecule has 2 aromatic rings.